The van der Waals surface area contributed by atoms with Crippen LogP contribution in [0.5, 0.6) is 5.75 Å². The number of benzene rings is 2. The summed E-state index contributed by atoms with van der Waals surface area (Å²) in [6, 6.07) is 12.0. The first-order chi connectivity index (χ1) is 13.0. The Bertz CT molecular complexity index is 804. The lowest BCUT2D eigenvalue weighted by Crippen LogP contribution is -3.10. The normalized spacial score (nSPS) is 10.7. The molecule has 0 atom stereocenters. The van der Waals surface area contributed by atoms with Crippen molar-refractivity contribution < 1.29 is 19.4 Å². The third-order valence-corrected chi connectivity index (χ3v) is 4.64. The van der Waals surface area contributed by atoms with Gasteiger partial charge >= 0.3 is 0 Å². The fourth-order valence-corrected chi connectivity index (χ4v) is 2.93. The molecule has 1 amide bonds. The molecule has 7 heteroatoms. The van der Waals surface area contributed by atoms with E-state index in [0.29, 0.717) is 12.3 Å². The number of hydrogen-bond acceptors (Lipinski definition) is 4. The van der Waals surface area contributed by atoms with Gasteiger partial charge in [0.25, 0.3) is 11.6 Å². The van der Waals surface area contributed by atoms with Gasteiger partial charge in [-0.05, 0) is 25.5 Å². The van der Waals surface area contributed by atoms with Crippen LogP contribution >= 0.6 is 0 Å². The number of non-ortho nitro benzene ring substituents is 1. The van der Waals surface area contributed by atoms with Gasteiger partial charge in [-0.2, -0.15) is 0 Å². The molecule has 2 rings (SSSR count). The predicted molar refractivity (Wildman–Crippen MR) is 103 cm³/mol. The Morgan fingerprint density at radius 2 is 1.81 bits per heavy atom. The van der Waals surface area contributed by atoms with Crippen LogP contribution in [0.25, 0.3) is 0 Å². The molecule has 2 aromatic carbocycles. The van der Waals surface area contributed by atoms with E-state index in [4.69, 9.17) is 4.74 Å². The molecule has 7 nitrogen and oxygen atoms in total. The first kappa shape index (κ1) is 20.4. The smallest absolute Gasteiger partial charge is 0.270 e. The van der Waals surface area contributed by atoms with Gasteiger partial charge in [0.1, 0.15) is 12.3 Å². The third-order valence-electron chi connectivity index (χ3n) is 4.64. The Kier molecular flexibility index (Phi) is 7.31. The van der Waals surface area contributed by atoms with E-state index in [0.717, 1.165) is 25.2 Å². The summed E-state index contributed by atoms with van der Waals surface area (Å²) < 4.78 is 5.17. The van der Waals surface area contributed by atoms with Gasteiger partial charge in [0.15, 0.2) is 0 Å². The van der Waals surface area contributed by atoms with Crippen LogP contribution in [0.4, 0.5) is 5.69 Å². The number of amides is 1. The van der Waals surface area contributed by atoms with Crippen molar-refractivity contribution in [2.75, 3.05) is 20.2 Å². The molecular weight excluding hydrogens is 346 g/mol. The predicted octanol–water partition coefficient (Wildman–Crippen LogP) is 1.96. The Labute approximate surface area is 159 Å². The lowest BCUT2D eigenvalue weighted by molar-refractivity contribution is -0.910. The fourth-order valence-electron chi connectivity index (χ4n) is 2.93. The highest BCUT2D eigenvalue weighted by Gasteiger charge is 2.18. The number of carbonyl (C=O) groups is 1. The lowest BCUT2D eigenvalue weighted by atomic mass is 10.1. The second-order valence-electron chi connectivity index (χ2n) is 6.23. The molecule has 0 heterocycles. The van der Waals surface area contributed by atoms with Crippen molar-refractivity contribution in [1.82, 2.24) is 5.32 Å². The van der Waals surface area contributed by atoms with Gasteiger partial charge in [0.2, 0.25) is 0 Å². The summed E-state index contributed by atoms with van der Waals surface area (Å²) in [6.45, 7) is 7.60. The maximum Gasteiger partial charge on any atom is 0.270 e. The van der Waals surface area contributed by atoms with Crippen LogP contribution in [0.3, 0.4) is 0 Å². The molecule has 0 aliphatic rings. The number of quaternary nitrogens is 1. The highest BCUT2D eigenvalue weighted by atomic mass is 16.6. The van der Waals surface area contributed by atoms with Crippen molar-refractivity contribution in [1.29, 1.82) is 0 Å². The van der Waals surface area contributed by atoms with E-state index in [1.165, 1.54) is 35.8 Å². The van der Waals surface area contributed by atoms with Gasteiger partial charge < -0.3 is 15.0 Å². The van der Waals surface area contributed by atoms with E-state index in [2.05, 4.69) is 25.2 Å². The molecule has 0 aliphatic heterocycles. The van der Waals surface area contributed by atoms with Gasteiger partial charge in [-0.1, -0.05) is 24.3 Å². The molecule has 0 bridgehead atoms. The number of carbonyl (C=O) groups excluding carboxylic acids is 1. The standard InChI is InChI=1S/C20H25N3O4/c1-4-22(5-2)14-16-9-7-6-8-15(16)13-21-20(24)18-12-17(23(25)26)10-11-19(18)27-3/h6-12H,4-5,13-14H2,1-3H3,(H,21,24)/p+1. The topological polar surface area (TPSA) is 85.9 Å². The van der Waals surface area contributed by atoms with Crippen LogP contribution < -0.4 is 15.0 Å². The lowest BCUT2D eigenvalue weighted by Gasteiger charge is -2.18. The van der Waals surface area contributed by atoms with Crippen LogP contribution in [0, 0.1) is 10.1 Å². The molecule has 0 spiro atoms. The molecule has 27 heavy (non-hydrogen) atoms. The number of nitrogens with one attached hydrogen (secondary N) is 2. The molecule has 0 radical (unpaired) electrons. The summed E-state index contributed by atoms with van der Waals surface area (Å²) in [6.07, 6.45) is 0. The van der Waals surface area contributed by atoms with E-state index in [1.807, 2.05) is 18.2 Å². The number of nitro benzene ring substituents is 1. The molecular formula is C20H26N3O4+. The molecule has 0 aliphatic carbocycles. The third kappa shape index (κ3) is 5.27. The second kappa shape index (κ2) is 9.68. The minimum absolute atomic E-state index is 0.147. The number of methoxy groups -OCH3 is 1. The van der Waals surface area contributed by atoms with Gasteiger partial charge in [-0.25, -0.2) is 0 Å². The van der Waals surface area contributed by atoms with Gasteiger partial charge in [0, 0.05) is 24.2 Å². The van der Waals surface area contributed by atoms with Crippen molar-refractivity contribution >= 4 is 11.6 Å². The number of hydrogen-bond donors (Lipinski definition) is 2. The zero-order chi connectivity index (χ0) is 19.8. The Morgan fingerprint density at radius 3 is 2.41 bits per heavy atom. The van der Waals surface area contributed by atoms with E-state index < -0.39 is 10.8 Å². The van der Waals surface area contributed by atoms with E-state index >= 15 is 0 Å². The number of rotatable bonds is 9. The largest absolute Gasteiger partial charge is 0.496 e. The van der Waals surface area contributed by atoms with E-state index in [-0.39, 0.29) is 11.3 Å². The Balaban J connectivity index is 2.17. The van der Waals surface area contributed by atoms with Crippen LogP contribution in [-0.2, 0) is 13.1 Å². The number of nitro groups is 1. The molecule has 144 valence electrons. The highest BCUT2D eigenvalue weighted by molar-refractivity contribution is 5.97. The minimum Gasteiger partial charge on any atom is -0.496 e. The molecule has 2 N–H and O–H groups in total. The van der Waals surface area contributed by atoms with Crippen molar-refractivity contribution in [3.05, 3.63) is 69.3 Å². The minimum atomic E-state index is -0.529. The first-order valence-electron chi connectivity index (χ1n) is 9.01. The van der Waals surface area contributed by atoms with Gasteiger partial charge in [0.05, 0.1) is 30.7 Å². The summed E-state index contributed by atoms with van der Waals surface area (Å²) in [5.74, 6) is -0.0977. The molecule has 2 aromatic rings. The van der Waals surface area contributed by atoms with Crippen LogP contribution in [0.15, 0.2) is 42.5 Å². The summed E-state index contributed by atoms with van der Waals surface area (Å²) in [5.41, 5.74) is 2.22. The van der Waals surface area contributed by atoms with Gasteiger partial charge in [-0.3, -0.25) is 14.9 Å². The van der Waals surface area contributed by atoms with Crippen molar-refractivity contribution in [3.8, 4) is 5.75 Å². The van der Waals surface area contributed by atoms with E-state index in [1.54, 1.807) is 0 Å². The SMILES string of the molecule is CC[NH+](CC)Cc1ccccc1CNC(=O)c1cc([N+](=O)[O-])ccc1OC. The maximum atomic E-state index is 12.6. The average Bonchev–Trinajstić information content (AvgIpc) is 2.70. The van der Waals surface area contributed by atoms with Crippen molar-refractivity contribution in [3.63, 3.8) is 0 Å². The summed E-state index contributed by atoms with van der Waals surface area (Å²) >= 11 is 0. The monoisotopic (exact) mass is 372 g/mol. The van der Waals surface area contributed by atoms with Gasteiger partial charge in [-0.15, -0.1) is 0 Å². The summed E-state index contributed by atoms with van der Waals surface area (Å²) in [4.78, 5) is 24.5. The highest BCUT2D eigenvalue weighted by Crippen LogP contribution is 2.24. The average molecular weight is 372 g/mol. The quantitative estimate of drug-likeness (QED) is 0.520. The van der Waals surface area contributed by atoms with Crippen LogP contribution in [0.1, 0.15) is 35.3 Å². The van der Waals surface area contributed by atoms with E-state index in [9.17, 15) is 14.9 Å². The molecule has 0 fully saturated rings. The second-order valence-corrected chi connectivity index (χ2v) is 6.23. The Morgan fingerprint density at radius 1 is 1.15 bits per heavy atom. The summed E-state index contributed by atoms with van der Waals surface area (Å²) in [7, 11) is 1.43. The molecule has 0 saturated carbocycles. The fraction of sp³-hybridized carbons (Fsp3) is 0.350. The Hall–Kier alpha value is -2.93. The van der Waals surface area contributed by atoms with Crippen molar-refractivity contribution in [2.45, 2.75) is 26.9 Å². The first-order valence-corrected chi connectivity index (χ1v) is 9.01. The molecule has 0 saturated heterocycles. The maximum absolute atomic E-state index is 12.6. The van der Waals surface area contributed by atoms with Crippen LogP contribution in [0.2, 0.25) is 0 Å². The van der Waals surface area contributed by atoms with Crippen molar-refractivity contribution in [2.24, 2.45) is 0 Å². The van der Waals surface area contributed by atoms with Crippen LogP contribution in [-0.4, -0.2) is 31.0 Å². The summed E-state index contributed by atoms with van der Waals surface area (Å²) in [5, 5.41) is 13.8. The number of ether oxygens (including phenoxy) is 1. The number of nitrogens with zero attached hydrogens (tertiary/aromatic N) is 1. The zero-order valence-electron chi connectivity index (χ0n) is 16.0. The molecule has 0 unspecified atom stereocenters. The molecule has 0 aromatic heterocycles. The zero-order valence-corrected chi connectivity index (χ0v) is 16.0.